The number of fused-ring (bicyclic) bond motifs is 1. The fourth-order valence-electron chi connectivity index (χ4n) is 3.12. The van der Waals surface area contributed by atoms with Crippen LogP contribution in [0, 0.1) is 0 Å². The number of ether oxygens (including phenoxy) is 1. The van der Waals surface area contributed by atoms with E-state index in [4.69, 9.17) is 4.74 Å². The van der Waals surface area contributed by atoms with Crippen molar-refractivity contribution in [2.75, 3.05) is 0 Å². The Morgan fingerprint density at radius 3 is 2.29 bits per heavy atom. The van der Waals surface area contributed by atoms with Gasteiger partial charge in [-0.2, -0.15) is 0 Å². The van der Waals surface area contributed by atoms with Gasteiger partial charge in [0.25, 0.3) is 5.56 Å². The van der Waals surface area contributed by atoms with Gasteiger partial charge in [-0.1, -0.05) is 49.4 Å². The molecule has 1 aromatic heterocycles. The Balaban J connectivity index is 1.72. The molecular weight excluding hydrogens is 352 g/mol. The largest absolute Gasteiger partial charge is 0.457 e. The number of benzene rings is 3. The summed E-state index contributed by atoms with van der Waals surface area (Å²) < 4.78 is 7.03. The Bertz CT molecular complexity index is 1220. The fourth-order valence-corrected chi connectivity index (χ4v) is 3.12. The highest BCUT2D eigenvalue weighted by Gasteiger charge is 2.10. The first-order valence-electron chi connectivity index (χ1n) is 9.21. The molecule has 1 N–H and O–H groups in total. The first kappa shape index (κ1) is 17.8. The second-order valence-corrected chi connectivity index (χ2v) is 6.61. The zero-order chi connectivity index (χ0) is 19.5. The van der Waals surface area contributed by atoms with Crippen LogP contribution in [-0.2, 0) is 13.0 Å². The van der Waals surface area contributed by atoms with Crippen molar-refractivity contribution in [3.05, 3.63) is 105 Å². The molecule has 5 nitrogen and oxygen atoms in total. The normalized spacial score (nSPS) is 10.9. The Hall–Kier alpha value is -3.60. The maximum Gasteiger partial charge on any atom is 0.329 e. The number of H-pyrrole nitrogens is 1. The van der Waals surface area contributed by atoms with E-state index in [9.17, 15) is 9.59 Å². The van der Waals surface area contributed by atoms with Crippen molar-refractivity contribution in [1.82, 2.24) is 9.55 Å². The molecule has 4 rings (SSSR count). The molecule has 0 aliphatic heterocycles. The summed E-state index contributed by atoms with van der Waals surface area (Å²) in [5.74, 6) is 1.23. The van der Waals surface area contributed by atoms with Crippen molar-refractivity contribution in [3.63, 3.8) is 0 Å². The van der Waals surface area contributed by atoms with E-state index >= 15 is 0 Å². The van der Waals surface area contributed by atoms with Gasteiger partial charge in [-0.25, -0.2) is 4.79 Å². The van der Waals surface area contributed by atoms with E-state index in [-0.39, 0.29) is 12.1 Å². The van der Waals surface area contributed by atoms with Gasteiger partial charge in [-0.15, -0.1) is 0 Å². The quantitative estimate of drug-likeness (QED) is 0.574. The maximum atomic E-state index is 13.0. The second kappa shape index (κ2) is 7.56. The topological polar surface area (TPSA) is 64.1 Å². The van der Waals surface area contributed by atoms with Gasteiger partial charge in [0.1, 0.15) is 11.5 Å². The molecule has 0 saturated carbocycles. The highest BCUT2D eigenvalue weighted by Crippen LogP contribution is 2.23. The van der Waals surface area contributed by atoms with Crippen molar-refractivity contribution >= 4 is 10.9 Å². The van der Waals surface area contributed by atoms with Crippen molar-refractivity contribution < 1.29 is 4.74 Å². The first-order chi connectivity index (χ1) is 13.6. The SMILES string of the molecule is CCc1ccc(Cn2c(=O)[nH]c3ccc(Oc4ccccc4)cc3c2=O)cc1. The number of rotatable bonds is 5. The van der Waals surface area contributed by atoms with Crippen LogP contribution in [0.15, 0.2) is 82.4 Å². The third kappa shape index (κ3) is 3.60. The molecule has 0 radical (unpaired) electrons. The van der Waals surface area contributed by atoms with Gasteiger partial charge in [0.15, 0.2) is 0 Å². The van der Waals surface area contributed by atoms with Gasteiger partial charge in [-0.05, 0) is 47.9 Å². The van der Waals surface area contributed by atoms with Gasteiger partial charge in [-0.3, -0.25) is 9.36 Å². The van der Waals surface area contributed by atoms with Gasteiger partial charge >= 0.3 is 5.69 Å². The van der Waals surface area contributed by atoms with Crippen LogP contribution in [0.25, 0.3) is 10.9 Å². The van der Waals surface area contributed by atoms with Crippen molar-refractivity contribution in [1.29, 1.82) is 0 Å². The Kier molecular flexibility index (Phi) is 4.81. The third-order valence-electron chi connectivity index (χ3n) is 4.70. The summed E-state index contributed by atoms with van der Waals surface area (Å²) in [6.45, 7) is 2.31. The van der Waals surface area contributed by atoms with E-state index < -0.39 is 5.69 Å². The number of para-hydroxylation sites is 1. The summed E-state index contributed by atoms with van der Waals surface area (Å²) in [4.78, 5) is 28.2. The summed E-state index contributed by atoms with van der Waals surface area (Å²) in [6, 6.07) is 22.4. The molecule has 0 spiro atoms. The molecule has 0 bridgehead atoms. The molecule has 3 aromatic carbocycles. The van der Waals surface area contributed by atoms with Crippen LogP contribution in [0.4, 0.5) is 0 Å². The first-order valence-corrected chi connectivity index (χ1v) is 9.21. The van der Waals surface area contributed by atoms with Crippen LogP contribution in [0.2, 0.25) is 0 Å². The number of hydrogen-bond donors (Lipinski definition) is 1. The summed E-state index contributed by atoms with van der Waals surface area (Å²) in [6.07, 6.45) is 0.945. The number of aromatic amines is 1. The molecule has 0 saturated heterocycles. The van der Waals surface area contributed by atoms with Crippen LogP contribution >= 0.6 is 0 Å². The van der Waals surface area contributed by atoms with Crippen LogP contribution < -0.4 is 16.0 Å². The van der Waals surface area contributed by atoms with E-state index in [0.717, 1.165) is 12.0 Å². The van der Waals surface area contributed by atoms with Crippen LogP contribution in [0.1, 0.15) is 18.1 Å². The zero-order valence-corrected chi connectivity index (χ0v) is 15.5. The predicted molar refractivity (Wildman–Crippen MR) is 110 cm³/mol. The van der Waals surface area contributed by atoms with Gasteiger partial charge in [0, 0.05) is 0 Å². The smallest absolute Gasteiger partial charge is 0.329 e. The van der Waals surface area contributed by atoms with Crippen molar-refractivity contribution in [3.8, 4) is 11.5 Å². The number of nitrogens with one attached hydrogen (secondary N) is 1. The zero-order valence-electron chi connectivity index (χ0n) is 15.5. The number of aryl methyl sites for hydroxylation is 1. The molecule has 5 heteroatoms. The van der Waals surface area contributed by atoms with Crippen LogP contribution in [0.5, 0.6) is 11.5 Å². The molecule has 0 aliphatic rings. The lowest BCUT2D eigenvalue weighted by atomic mass is 10.1. The summed E-state index contributed by atoms with van der Waals surface area (Å²) >= 11 is 0. The van der Waals surface area contributed by atoms with Gasteiger partial charge in [0.2, 0.25) is 0 Å². The lowest BCUT2D eigenvalue weighted by molar-refractivity contribution is 0.483. The van der Waals surface area contributed by atoms with E-state index in [1.807, 2.05) is 54.6 Å². The fraction of sp³-hybridized carbons (Fsp3) is 0.130. The van der Waals surface area contributed by atoms with E-state index in [2.05, 4.69) is 11.9 Å². The molecule has 0 unspecified atom stereocenters. The highest BCUT2D eigenvalue weighted by atomic mass is 16.5. The molecule has 0 atom stereocenters. The maximum absolute atomic E-state index is 13.0. The standard InChI is InChI=1S/C23H20N2O3/c1-2-16-8-10-17(11-9-16)15-25-22(26)20-14-19(12-13-21(20)24-23(25)27)28-18-6-4-3-5-7-18/h3-14H,2,15H2,1H3,(H,24,27). The Morgan fingerprint density at radius 2 is 1.57 bits per heavy atom. The van der Waals surface area contributed by atoms with E-state index in [1.165, 1.54) is 10.1 Å². The minimum Gasteiger partial charge on any atom is -0.457 e. The molecule has 0 amide bonds. The monoisotopic (exact) mass is 372 g/mol. The highest BCUT2D eigenvalue weighted by molar-refractivity contribution is 5.79. The lowest BCUT2D eigenvalue weighted by Crippen LogP contribution is -2.35. The molecule has 28 heavy (non-hydrogen) atoms. The molecule has 0 fully saturated rings. The van der Waals surface area contributed by atoms with Gasteiger partial charge < -0.3 is 9.72 Å². The number of nitrogens with zero attached hydrogens (tertiary/aromatic N) is 1. The number of aromatic nitrogens is 2. The van der Waals surface area contributed by atoms with E-state index in [0.29, 0.717) is 22.4 Å². The lowest BCUT2D eigenvalue weighted by Gasteiger charge is -2.09. The number of hydrogen-bond acceptors (Lipinski definition) is 3. The summed E-state index contributed by atoms with van der Waals surface area (Å²) in [5, 5.41) is 0.415. The van der Waals surface area contributed by atoms with Gasteiger partial charge in [0.05, 0.1) is 17.4 Å². The molecule has 140 valence electrons. The Labute approximate surface area is 161 Å². The van der Waals surface area contributed by atoms with Crippen molar-refractivity contribution in [2.45, 2.75) is 19.9 Å². The molecule has 1 heterocycles. The van der Waals surface area contributed by atoms with Crippen molar-refractivity contribution in [2.24, 2.45) is 0 Å². The summed E-state index contributed by atoms with van der Waals surface area (Å²) in [7, 11) is 0. The Morgan fingerprint density at radius 1 is 0.857 bits per heavy atom. The minimum absolute atomic E-state index is 0.220. The molecule has 4 aromatic rings. The molecule has 0 aliphatic carbocycles. The minimum atomic E-state index is -0.422. The van der Waals surface area contributed by atoms with E-state index in [1.54, 1.807) is 18.2 Å². The van der Waals surface area contributed by atoms with Crippen LogP contribution in [-0.4, -0.2) is 9.55 Å². The second-order valence-electron chi connectivity index (χ2n) is 6.61. The predicted octanol–water partition coefficient (Wildman–Crippen LogP) is 4.09. The molecular formula is C23H20N2O3. The van der Waals surface area contributed by atoms with Crippen LogP contribution in [0.3, 0.4) is 0 Å². The summed E-state index contributed by atoms with van der Waals surface area (Å²) in [5.41, 5.74) is 1.85. The third-order valence-corrected chi connectivity index (χ3v) is 4.70. The average molecular weight is 372 g/mol. The average Bonchev–Trinajstić information content (AvgIpc) is 2.73.